The fourth-order valence-corrected chi connectivity index (χ4v) is 3.12. The van der Waals surface area contributed by atoms with Crippen LogP contribution in [0.2, 0.25) is 5.02 Å². The Kier molecular flexibility index (Phi) is 4.31. The first-order valence-corrected chi connectivity index (χ1v) is 8.63. The highest BCUT2D eigenvalue weighted by Gasteiger charge is 2.45. The van der Waals surface area contributed by atoms with Gasteiger partial charge in [0.2, 0.25) is 0 Å². The summed E-state index contributed by atoms with van der Waals surface area (Å²) in [7, 11) is 0. The summed E-state index contributed by atoms with van der Waals surface area (Å²) >= 11 is 5.96. The second-order valence-corrected chi connectivity index (χ2v) is 7.90. The Morgan fingerprint density at radius 2 is 1.67 bits per heavy atom. The highest BCUT2D eigenvalue weighted by Crippen LogP contribution is 2.45. The molecule has 24 heavy (non-hydrogen) atoms. The van der Waals surface area contributed by atoms with Gasteiger partial charge in [-0.3, -0.25) is 0 Å². The first-order chi connectivity index (χ1) is 11.3. The molecule has 4 heteroatoms. The van der Waals surface area contributed by atoms with Crippen LogP contribution < -0.4 is 10.6 Å². The van der Waals surface area contributed by atoms with Crippen molar-refractivity contribution in [2.75, 3.05) is 5.32 Å². The third-order valence-electron chi connectivity index (χ3n) is 4.48. The van der Waals surface area contributed by atoms with Gasteiger partial charge in [-0.1, -0.05) is 62.7 Å². The van der Waals surface area contributed by atoms with Crippen LogP contribution in [0.5, 0.6) is 0 Å². The van der Waals surface area contributed by atoms with Gasteiger partial charge >= 0.3 is 6.03 Å². The van der Waals surface area contributed by atoms with E-state index in [1.54, 1.807) is 0 Å². The van der Waals surface area contributed by atoms with E-state index >= 15 is 0 Å². The van der Waals surface area contributed by atoms with Crippen molar-refractivity contribution in [3.63, 3.8) is 0 Å². The topological polar surface area (TPSA) is 41.1 Å². The van der Waals surface area contributed by atoms with Crippen molar-refractivity contribution in [2.45, 2.75) is 44.6 Å². The molecule has 3 nitrogen and oxygen atoms in total. The molecule has 2 amide bonds. The summed E-state index contributed by atoms with van der Waals surface area (Å²) in [5, 5.41) is 6.86. The largest absolute Gasteiger partial charge is 0.328 e. The number of anilines is 1. The molecule has 126 valence electrons. The summed E-state index contributed by atoms with van der Waals surface area (Å²) in [6.07, 6.45) is 1.89. The van der Waals surface area contributed by atoms with Gasteiger partial charge in [0.05, 0.1) is 5.54 Å². The number of amides is 2. The van der Waals surface area contributed by atoms with E-state index < -0.39 is 0 Å². The molecular weight excluding hydrogens is 320 g/mol. The minimum Gasteiger partial charge on any atom is -0.328 e. The molecule has 1 saturated carbocycles. The lowest BCUT2D eigenvalue weighted by atomic mass is 9.86. The normalized spacial score (nSPS) is 15.7. The highest BCUT2D eigenvalue weighted by atomic mass is 35.5. The second-order valence-electron chi connectivity index (χ2n) is 7.46. The number of carbonyl (C=O) groups is 1. The highest BCUT2D eigenvalue weighted by molar-refractivity contribution is 6.30. The molecule has 0 bridgehead atoms. The van der Waals surface area contributed by atoms with E-state index in [1.807, 2.05) is 42.5 Å². The smallest absolute Gasteiger partial charge is 0.319 e. The Bertz CT molecular complexity index is 743. The van der Waals surface area contributed by atoms with Gasteiger partial charge in [0.1, 0.15) is 0 Å². The molecule has 0 unspecified atom stereocenters. The van der Waals surface area contributed by atoms with Crippen LogP contribution in [0, 0.1) is 0 Å². The SMILES string of the molecule is CC(C)(C)c1ccccc1NC(=O)NC1(c2ccc(Cl)cc2)CC1. The Balaban J connectivity index is 1.74. The van der Waals surface area contributed by atoms with E-state index in [-0.39, 0.29) is 17.0 Å². The molecule has 1 aliphatic rings. The van der Waals surface area contributed by atoms with Crippen LogP contribution in [-0.2, 0) is 11.0 Å². The maximum absolute atomic E-state index is 12.5. The molecule has 0 spiro atoms. The van der Waals surface area contributed by atoms with E-state index in [4.69, 9.17) is 11.6 Å². The minimum atomic E-state index is -0.259. The van der Waals surface area contributed by atoms with E-state index in [1.165, 1.54) is 0 Å². The molecule has 0 saturated heterocycles. The number of benzene rings is 2. The molecule has 0 aliphatic heterocycles. The van der Waals surface area contributed by atoms with Gasteiger partial charge in [0.15, 0.2) is 0 Å². The lowest BCUT2D eigenvalue weighted by Crippen LogP contribution is -2.38. The third-order valence-corrected chi connectivity index (χ3v) is 4.73. The molecule has 2 aromatic rings. The van der Waals surface area contributed by atoms with Crippen molar-refractivity contribution in [3.05, 3.63) is 64.7 Å². The molecule has 0 radical (unpaired) electrons. The van der Waals surface area contributed by atoms with Crippen molar-refractivity contribution in [1.29, 1.82) is 0 Å². The van der Waals surface area contributed by atoms with Crippen LogP contribution in [0.3, 0.4) is 0 Å². The summed E-state index contributed by atoms with van der Waals surface area (Å²) < 4.78 is 0. The maximum atomic E-state index is 12.5. The lowest BCUT2D eigenvalue weighted by molar-refractivity contribution is 0.247. The zero-order valence-electron chi connectivity index (χ0n) is 14.3. The Labute approximate surface area is 148 Å². The predicted octanol–water partition coefficient (Wildman–Crippen LogP) is 5.45. The fraction of sp³-hybridized carbons (Fsp3) is 0.350. The van der Waals surface area contributed by atoms with Gasteiger partial charge in [0, 0.05) is 10.7 Å². The van der Waals surface area contributed by atoms with Gasteiger partial charge in [0.25, 0.3) is 0 Å². The third kappa shape index (κ3) is 3.57. The van der Waals surface area contributed by atoms with E-state index in [9.17, 15) is 4.79 Å². The van der Waals surface area contributed by atoms with Crippen molar-refractivity contribution < 1.29 is 4.79 Å². The molecule has 0 heterocycles. The van der Waals surface area contributed by atoms with Crippen LogP contribution in [0.4, 0.5) is 10.5 Å². The van der Waals surface area contributed by atoms with Crippen LogP contribution >= 0.6 is 11.6 Å². The van der Waals surface area contributed by atoms with Crippen molar-refractivity contribution in [2.24, 2.45) is 0 Å². The van der Waals surface area contributed by atoms with Crippen LogP contribution in [0.15, 0.2) is 48.5 Å². The maximum Gasteiger partial charge on any atom is 0.319 e. The number of halogens is 1. The summed E-state index contributed by atoms with van der Waals surface area (Å²) in [5.41, 5.74) is 2.79. The lowest BCUT2D eigenvalue weighted by Gasteiger charge is -2.24. The predicted molar refractivity (Wildman–Crippen MR) is 99.7 cm³/mol. The molecule has 0 atom stereocenters. The van der Waals surface area contributed by atoms with E-state index in [0.717, 1.165) is 29.7 Å². The van der Waals surface area contributed by atoms with Gasteiger partial charge in [-0.05, 0) is 47.6 Å². The summed E-state index contributed by atoms with van der Waals surface area (Å²) in [6, 6.07) is 15.5. The zero-order valence-corrected chi connectivity index (χ0v) is 15.1. The number of hydrogen-bond donors (Lipinski definition) is 2. The molecule has 1 aliphatic carbocycles. The molecule has 2 N–H and O–H groups in total. The summed E-state index contributed by atoms with van der Waals surface area (Å²) in [4.78, 5) is 12.5. The van der Waals surface area contributed by atoms with Crippen LogP contribution in [0.25, 0.3) is 0 Å². The minimum absolute atomic E-state index is 0.0304. The van der Waals surface area contributed by atoms with Crippen molar-refractivity contribution in [1.82, 2.24) is 5.32 Å². The van der Waals surface area contributed by atoms with E-state index in [2.05, 4.69) is 37.5 Å². The molecule has 2 aromatic carbocycles. The Morgan fingerprint density at radius 1 is 1.04 bits per heavy atom. The average Bonchev–Trinajstić information content (AvgIpc) is 3.28. The Hall–Kier alpha value is -2.00. The van der Waals surface area contributed by atoms with Gasteiger partial charge < -0.3 is 10.6 Å². The molecular formula is C20H23ClN2O. The number of carbonyl (C=O) groups excluding carboxylic acids is 1. The summed E-state index contributed by atoms with van der Waals surface area (Å²) in [5.74, 6) is 0. The molecule has 0 aromatic heterocycles. The van der Waals surface area contributed by atoms with Crippen LogP contribution in [0.1, 0.15) is 44.7 Å². The van der Waals surface area contributed by atoms with Gasteiger partial charge in [-0.15, -0.1) is 0 Å². The number of urea groups is 1. The Morgan fingerprint density at radius 3 is 2.25 bits per heavy atom. The standard InChI is InChI=1S/C20H23ClN2O/c1-19(2,3)16-6-4-5-7-17(16)22-18(24)23-20(12-13-20)14-8-10-15(21)11-9-14/h4-11H,12-13H2,1-3H3,(H2,22,23,24). The van der Waals surface area contributed by atoms with Gasteiger partial charge in [-0.25, -0.2) is 4.79 Å². The zero-order chi connectivity index (χ0) is 17.4. The van der Waals surface area contributed by atoms with E-state index in [0.29, 0.717) is 5.02 Å². The number of nitrogens with one attached hydrogen (secondary N) is 2. The van der Waals surface area contributed by atoms with Crippen LogP contribution in [-0.4, -0.2) is 6.03 Å². The summed E-state index contributed by atoms with van der Waals surface area (Å²) in [6.45, 7) is 6.42. The first kappa shape index (κ1) is 16.8. The second kappa shape index (κ2) is 6.14. The van der Waals surface area contributed by atoms with Crippen molar-refractivity contribution >= 4 is 23.3 Å². The molecule has 3 rings (SSSR count). The van der Waals surface area contributed by atoms with Gasteiger partial charge in [-0.2, -0.15) is 0 Å². The fourth-order valence-electron chi connectivity index (χ4n) is 3.00. The number of rotatable bonds is 3. The monoisotopic (exact) mass is 342 g/mol. The molecule has 1 fully saturated rings. The number of para-hydroxylation sites is 1. The average molecular weight is 343 g/mol. The van der Waals surface area contributed by atoms with Crippen molar-refractivity contribution in [3.8, 4) is 0 Å². The quantitative estimate of drug-likeness (QED) is 0.765. The first-order valence-electron chi connectivity index (χ1n) is 8.25. The number of hydrogen-bond acceptors (Lipinski definition) is 1.